The first kappa shape index (κ1) is 21.4. The fourth-order valence-corrected chi connectivity index (χ4v) is 5.05. The molecular weight excluding hydrogens is 372 g/mol. The molecule has 3 rings (SSSR count). The topological polar surface area (TPSA) is 61.8 Å². The van der Waals surface area contributed by atoms with Crippen LogP contribution in [0.5, 0.6) is 0 Å². The average molecular weight is 405 g/mol. The number of carbonyl (C=O) groups excluding carboxylic acids is 1. The Labute approximate surface area is 171 Å². The van der Waals surface area contributed by atoms with Crippen molar-refractivity contribution in [1.82, 2.24) is 9.79 Å². The Morgan fingerprint density at radius 1 is 1.25 bits per heavy atom. The standard InChI is InChI=1S/C22H32N2O3S/c1-16(2)9-12-24(21(22(25)23-26)18-10-13-27-14-11-18)28-20-8-7-17-5-3-4-6-19(17)15-20/h5-8,15-16,18,21,26H,3-4,9-14H2,1-2H3,(H,23,25). The molecule has 0 radical (unpaired) electrons. The van der Waals surface area contributed by atoms with Crippen LogP contribution in [0.4, 0.5) is 0 Å². The zero-order valence-electron chi connectivity index (χ0n) is 16.9. The molecule has 1 atom stereocenters. The maximum atomic E-state index is 12.7. The highest BCUT2D eigenvalue weighted by atomic mass is 32.2. The molecule has 1 aliphatic carbocycles. The van der Waals surface area contributed by atoms with E-state index in [9.17, 15) is 10.0 Å². The number of hydrogen-bond donors (Lipinski definition) is 2. The lowest BCUT2D eigenvalue weighted by Gasteiger charge is -2.36. The molecule has 2 aliphatic rings. The molecule has 1 aliphatic heterocycles. The quantitative estimate of drug-likeness (QED) is 0.396. The number of ether oxygens (including phenoxy) is 1. The van der Waals surface area contributed by atoms with Gasteiger partial charge in [0.1, 0.15) is 6.04 Å². The SMILES string of the molecule is CC(C)CCN(Sc1ccc2c(c1)=CCCC=2)C(C(=O)NO)C1CCOCC1. The molecule has 1 unspecified atom stereocenters. The Morgan fingerprint density at radius 3 is 2.64 bits per heavy atom. The number of rotatable bonds is 8. The predicted molar refractivity (Wildman–Crippen MR) is 113 cm³/mol. The lowest BCUT2D eigenvalue weighted by Crippen LogP contribution is -2.49. The van der Waals surface area contributed by atoms with Gasteiger partial charge in [0.15, 0.2) is 0 Å². The number of benzene rings is 1. The minimum atomic E-state index is -0.371. The molecule has 0 spiro atoms. The van der Waals surface area contributed by atoms with E-state index in [0.717, 1.165) is 43.5 Å². The smallest absolute Gasteiger partial charge is 0.261 e. The summed E-state index contributed by atoms with van der Waals surface area (Å²) in [6, 6.07) is 6.16. The molecule has 2 N–H and O–H groups in total. The summed E-state index contributed by atoms with van der Waals surface area (Å²) >= 11 is 1.64. The van der Waals surface area contributed by atoms with Crippen LogP contribution in [-0.2, 0) is 9.53 Å². The van der Waals surface area contributed by atoms with Gasteiger partial charge in [0.05, 0.1) is 0 Å². The maximum absolute atomic E-state index is 12.7. The molecule has 154 valence electrons. The fraction of sp³-hybridized carbons (Fsp3) is 0.591. The van der Waals surface area contributed by atoms with E-state index < -0.39 is 0 Å². The second kappa shape index (κ2) is 10.4. The van der Waals surface area contributed by atoms with Gasteiger partial charge >= 0.3 is 0 Å². The molecule has 28 heavy (non-hydrogen) atoms. The van der Waals surface area contributed by atoms with Crippen molar-refractivity contribution >= 4 is 30.0 Å². The first-order chi connectivity index (χ1) is 13.6. The Balaban J connectivity index is 1.86. The number of amides is 1. The number of hydroxylamine groups is 1. The van der Waals surface area contributed by atoms with Crippen molar-refractivity contribution in [2.75, 3.05) is 19.8 Å². The first-order valence-electron chi connectivity index (χ1n) is 10.3. The van der Waals surface area contributed by atoms with Gasteiger partial charge in [0, 0.05) is 24.7 Å². The van der Waals surface area contributed by atoms with Gasteiger partial charge in [-0.3, -0.25) is 10.0 Å². The summed E-state index contributed by atoms with van der Waals surface area (Å²) < 4.78 is 7.67. The fourth-order valence-electron chi connectivity index (χ4n) is 3.89. The van der Waals surface area contributed by atoms with Crippen molar-refractivity contribution in [2.45, 2.75) is 56.9 Å². The lowest BCUT2D eigenvalue weighted by atomic mass is 9.91. The summed E-state index contributed by atoms with van der Waals surface area (Å²) in [5, 5.41) is 12.0. The van der Waals surface area contributed by atoms with Crippen molar-refractivity contribution < 1.29 is 14.7 Å². The van der Waals surface area contributed by atoms with E-state index >= 15 is 0 Å². The molecule has 0 bridgehead atoms. The van der Waals surface area contributed by atoms with E-state index in [4.69, 9.17) is 4.74 Å². The molecule has 1 amide bonds. The average Bonchev–Trinajstić information content (AvgIpc) is 2.72. The van der Waals surface area contributed by atoms with E-state index in [1.54, 1.807) is 11.9 Å². The Morgan fingerprint density at radius 2 is 1.96 bits per heavy atom. The van der Waals surface area contributed by atoms with Gasteiger partial charge in [-0.2, -0.15) is 0 Å². The summed E-state index contributed by atoms with van der Waals surface area (Å²) in [7, 11) is 0. The van der Waals surface area contributed by atoms with Crippen molar-refractivity contribution in [1.29, 1.82) is 0 Å². The van der Waals surface area contributed by atoms with E-state index in [0.29, 0.717) is 19.1 Å². The number of carbonyl (C=O) groups is 1. The predicted octanol–water partition coefficient (Wildman–Crippen LogP) is 2.70. The molecule has 1 saturated heterocycles. The molecule has 1 heterocycles. The van der Waals surface area contributed by atoms with Crippen LogP contribution in [0, 0.1) is 11.8 Å². The van der Waals surface area contributed by atoms with Crippen molar-refractivity contribution in [3.63, 3.8) is 0 Å². The number of nitrogens with one attached hydrogen (secondary N) is 1. The van der Waals surface area contributed by atoms with Gasteiger partial charge in [-0.1, -0.05) is 32.1 Å². The van der Waals surface area contributed by atoms with Crippen molar-refractivity contribution in [3.8, 4) is 0 Å². The Hall–Kier alpha value is -1.34. The summed E-state index contributed by atoms with van der Waals surface area (Å²) in [5.74, 6) is 0.404. The Kier molecular flexibility index (Phi) is 7.97. The number of hydrogen-bond acceptors (Lipinski definition) is 5. The monoisotopic (exact) mass is 404 g/mol. The molecular formula is C22H32N2O3S. The normalized spacial score (nSPS) is 18.3. The van der Waals surface area contributed by atoms with Crippen LogP contribution in [-0.4, -0.2) is 41.2 Å². The van der Waals surface area contributed by atoms with E-state index in [1.165, 1.54) is 10.4 Å². The van der Waals surface area contributed by atoms with Gasteiger partial charge in [0.25, 0.3) is 5.91 Å². The third kappa shape index (κ3) is 5.60. The first-order valence-corrected chi connectivity index (χ1v) is 11.1. The van der Waals surface area contributed by atoms with Crippen LogP contribution in [0.25, 0.3) is 12.2 Å². The summed E-state index contributed by atoms with van der Waals surface area (Å²) in [6.07, 6.45) is 9.42. The van der Waals surface area contributed by atoms with Gasteiger partial charge in [-0.05, 0) is 78.5 Å². The van der Waals surface area contributed by atoms with E-state index in [1.807, 2.05) is 5.48 Å². The zero-order valence-corrected chi connectivity index (χ0v) is 17.7. The molecule has 1 aromatic rings. The van der Waals surface area contributed by atoms with Crippen LogP contribution in [0.2, 0.25) is 0 Å². The van der Waals surface area contributed by atoms with Gasteiger partial charge in [0.2, 0.25) is 0 Å². The largest absolute Gasteiger partial charge is 0.381 e. The maximum Gasteiger partial charge on any atom is 0.261 e. The van der Waals surface area contributed by atoms with Crippen molar-refractivity contribution in [2.24, 2.45) is 11.8 Å². The second-order valence-electron chi connectivity index (χ2n) is 8.06. The van der Waals surface area contributed by atoms with Crippen LogP contribution >= 0.6 is 11.9 Å². The van der Waals surface area contributed by atoms with E-state index in [-0.39, 0.29) is 17.9 Å². The minimum absolute atomic E-state index is 0.179. The third-order valence-corrected chi connectivity index (χ3v) is 6.61. The minimum Gasteiger partial charge on any atom is -0.381 e. The third-order valence-electron chi connectivity index (χ3n) is 5.50. The molecule has 0 aromatic heterocycles. The van der Waals surface area contributed by atoms with Crippen molar-refractivity contribution in [3.05, 3.63) is 28.6 Å². The Bertz CT molecular complexity index is 774. The molecule has 0 saturated carbocycles. The highest BCUT2D eigenvalue weighted by molar-refractivity contribution is 7.97. The summed E-state index contributed by atoms with van der Waals surface area (Å²) in [5.41, 5.74) is 1.92. The summed E-state index contributed by atoms with van der Waals surface area (Å²) in [6.45, 7) is 6.54. The lowest BCUT2D eigenvalue weighted by molar-refractivity contribution is -0.136. The van der Waals surface area contributed by atoms with Crippen LogP contribution in [0.15, 0.2) is 23.1 Å². The highest BCUT2D eigenvalue weighted by Gasteiger charge is 2.35. The van der Waals surface area contributed by atoms with Crippen LogP contribution in [0.1, 0.15) is 46.0 Å². The highest BCUT2D eigenvalue weighted by Crippen LogP contribution is 2.32. The van der Waals surface area contributed by atoms with Crippen LogP contribution in [0.3, 0.4) is 0 Å². The van der Waals surface area contributed by atoms with E-state index in [2.05, 4.69) is 48.5 Å². The van der Waals surface area contributed by atoms with Gasteiger partial charge < -0.3 is 4.74 Å². The number of nitrogens with zero attached hydrogens (tertiary/aromatic N) is 1. The molecule has 1 fully saturated rings. The summed E-state index contributed by atoms with van der Waals surface area (Å²) in [4.78, 5) is 13.8. The molecule has 5 nitrogen and oxygen atoms in total. The van der Waals surface area contributed by atoms with Gasteiger partial charge in [-0.25, -0.2) is 9.79 Å². The zero-order chi connectivity index (χ0) is 19.9. The second-order valence-corrected chi connectivity index (χ2v) is 9.18. The van der Waals surface area contributed by atoms with Gasteiger partial charge in [-0.15, -0.1) is 0 Å². The molecule has 1 aromatic carbocycles. The van der Waals surface area contributed by atoms with Crippen LogP contribution < -0.4 is 15.9 Å². The molecule has 6 heteroatoms. The number of fused-ring (bicyclic) bond motifs is 1.